The maximum atomic E-state index is 14.2. The van der Waals surface area contributed by atoms with Crippen molar-refractivity contribution in [3.05, 3.63) is 53.9 Å². The van der Waals surface area contributed by atoms with Crippen LogP contribution >= 0.6 is 0 Å². The van der Waals surface area contributed by atoms with Gasteiger partial charge >= 0.3 is 0 Å². The van der Waals surface area contributed by atoms with Crippen LogP contribution in [0, 0.1) is 5.82 Å². The van der Waals surface area contributed by atoms with E-state index in [4.69, 9.17) is 8.94 Å². The largest absolute Gasteiger partial charge is 0.461 e. The first-order valence-electron chi connectivity index (χ1n) is 8.16. The zero-order chi connectivity index (χ0) is 17.2. The Balaban J connectivity index is 1.45. The van der Waals surface area contributed by atoms with Gasteiger partial charge in [-0.3, -0.25) is 4.79 Å². The Morgan fingerprint density at radius 3 is 3.04 bits per heavy atom. The lowest BCUT2D eigenvalue weighted by Gasteiger charge is -2.29. The van der Waals surface area contributed by atoms with Gasteiger partial charge in [-0.25, -0.2) is 4.39 Å². The molecule has 0 aliphatic carbocycles. The topological polar surface area (TPSA) is 72.4 Å². The Labute approximate surface area is 143 Å². The molecular formula is C18H16FN3O3. The van der Waals surface area contributed by atoms with Crippen LogP contribution in [0.2, 0.25) is 0 Å². The van der Waals surface area contributed by atoms with Crippen molar-refractivity contribution in [2.75, 3.05) is 11.4 Å². The molecule has 0 saturated carbocycles. The number of hydrogen-bond donors (Lipinski definition) is 0. The van der Waals surface area contributed by atoms with Gasteiger partial charge in [0.15, 0.2) is 5.76 Å². The molecule has 1 aliphatic heterocycles. The second kappa shape index (κ2) is 6.51. The molecule has 3 aromatic rings. The SMILES string of the molecule is O=C(CCc1nc(-c2ccco2)no1)N1CCCc2cccc(F)c21. The van der Waals surface area contributed by atoms with Gasteiger partial charge in [0.05, 0.1) is 12.0 Å². The highest BCUT2D eigenvalue weighted by Crippen LogP contribution is 2.30. The average Bonchev–Trinajstić information content (AvgIpc) is 3.31. The molecule has 3 heterocycles. The molecule has 0 saturated heterocycles. The van der Waals surface area contributed by atoms with Gasteiger partial charge in [0.1, 0.15) is 5.82 Å². The van der Waals surface area contributed by atoms with Crippen LogP contribution in [0.5, 0.6) is 0 Å². The normalized spacial score (nSPS) is 13.7. The monoisotopic (exact) mass is 341 g/mol. The van der Waals surface area contributed by atoms with Crippen molar-refractivity contribution in [1.82, 2.24) is 10.1 Å². The van der Waals surface area contributed by atoms with E-state index in [1.54, 1.807) is 18.2 Å². The van der Waals surface area contributed by atoms with Crippen molar-refractivity contribution in [2.45, 2.75) is 25.7 Å². The number of aromatic nitrogens is 2. The summed E-state index contributed by atoms with van der Waals surface area (Å²) in [6.07, 6.45) is 3.61. The summed E-state index contributed by atoms with van der Waals surface area (Å²) in [5.41, 5.74) is 1.28. The zero-order valence-electron chi connectivity index (χ0n) is 13.4. The van der Waals surface area contributed by atoms with E-state index < -0.39 is 0 Å². The maximum absolute atomic E-state index is 14.2. The number of benzene rings is 1. The summed E-state index contributed by atoms with van der Waals surface area (Å²) in [6, 6.07) is 8.39. The molecule has 0 radical (unpaired) electrons. The molecule has 7 heteroatoms. The smallest absolute Gasteiger partial charge is 0.238 e. The van der Waals surface area contributed by atoms with E-state index >= 15 is 0 Å². The predicted molar refractivity (Wildman–Crippen MR) is 87.4 cm³/mol. The standard InChI is InChI=1S/C18H16FN3O3/c19-13-6-1-4-12-5-2-10-22(17(12)13)16(23)9-8-15-20-18(21-25-15)14-7-3-11-24-14/h1,3-4,6-7,11H,2,5,8-10H2. The first-order chi connectivity index (χ1) is 12.2. The number of anilines is 1. The van der Waals surface area contributed by atoms with Crippen molar-refractivity contribution in [2.24, 2.45) is 0 Å². The van der Waals surface area contributed by atoms with Crippen LogP contribution in [-0.2, 0) is 17.6 Å². The molecule has 4 rings (SSSR count). The van der Waals surface area contributed by atoms with Crippen LogP contribution in [0.1, 0.15) is 24.3 Å². The van der Waals surface area contributed by atoms with Gasteiger partial charge in [-0.15, -0.1) is 0 Å². The van der Waals surface area contributed by atoms with Gasteiger partial charge in [-0.2, -0.15) is 4.98 Å². The minimum absolute atomic E-state index is 0.149. The van der Waals surface area contributed by atoms with Crippen LogP contribution < -0.4 is 4.90 Å². The third-order valence-electron chi connectivity index (χ3n) is 4.23. The van der Waals surface area contributed by atoms with E-state index in [9.17, 15) is 9.18 Å². The number of rotatable bonds is 4. The Morgan fingerprint density at radius 2 is 2.20 bits per heavy atom. The van der Waals surface area contributed by atoms with E-state index in [-0.39, 0.29) is 18.1 Å². The van der Waals surface area contributed by atoms with E-state index in [0.717, 1.165) is 18.4 Å². The number of carbonyl (C=O) groups is 1. The Morgan fingerprint density at radius 1 is 1.28 bits per heavy atom. The third kappa shape index (κ3) is 3.05. The van der Waals surface area contributed by atoms with Gasteiger partial charge in [-0.1, -0.05) is 17.3 Å². The summed E-state index contributed by atoms with van der Waals surface area (Å²) >= 11 is 0. The molecule has 0 fully saturated rings. The number of nitrogens with zero attached hydrogens (tertiary/aromatic N) is 3. The first kappa shape index (κ1) is 15.6. The second-order valence-electron chi connectivity index (χ2n) is 5.89. The molecule has 0 bridgehead atoms. The number of hydrogen-bond acceptors (Lipinski definition) is 5. The lowest BCUT2D eigenvalue weighted by atomic mass is 10.0. The number of carbonyl (C=O) groups excluding carboxylic acids is 1. The number of amides is 1. The highest BCUT2D eigenvalue weighted by molar-refractivity contribution is 5.94. The lowest BCUT2D eigenvalue weighted by Crippen LogP contribution is -2.36. The fourth-order valence-electron chi connectivity index (χ4n) is 3.06. The minimum atomic E-state index is -0.358. The van der Waals surface area contributed by atoms with Crippen LogP contribution in [0.15, 0.2) is 45.5 Å². The summed E-state index contributed by atoms with van der Waals surface area (Å²) in [5, 5.41) is 3.83. The molecule has 0 atom stereocenters. The van der Waals surface area contributed by atoms with E-state index in [1.165, 1.54) is 17.2 Å². The number of aryl methyl sites for hydroxylation is 2. The van der Waals surface area contributed by atoms with E-state index in [2.05, 4.69) is 10.1 Å². The van der Waals surface area contributed by atoms with Crippen LogP contribution in [0.4, 0.5) is 10.1 Å². The van der Waals surface area contributed by atoms with Crippen molar-refractivity contribution in [1.29, 1.82) is 0 Å². The summed E-state index contributed by atoms with van der Waals surface area (Å²) < 4.78 is 24.5. The number of fused-ring (bicyclic) bond motifs is 1. The molecule has 0 N–H and O–H groups in total. The first-order valence-corrected chi connectivity index (χ1v) is 8.16. The molecule has 128 valence electrons. The van der Waals surface area contributed by atoms with Crippen LogP contribution in [-0.4, -0.2) is 22.6 Å². The Bertz CT molecular complexity index is 889. The van der Waals surface area contributed by atoms with Crippen molar-refractivity contribution in [3.8, 4) is 11.6 Å². The average molecular weight is 341 g/mol. The van der Waals surface area contributed by atoms with Gasteiger partial charge in [0, 0.05) is 19.4 Å². The molecule has 1 aromatic carbocycles. The third-order valence-corrected chi connectivity index (χ3v) is 4.23. The van der Waals surface area contributed by atoms with Crippen LogP contribution in [0.25, 0.3) is 11.6 Å². The van der Waals surface area contributed by atoms with E-state index in [0.29, 0.717) is 36.1 Å². The highest BCUT2D eigenvalue weighted by atomic mass is 19.1. The summed E-state index contributed by atoms with van der Waals surface area (Å²) in [5.74, 6) is 0.702. The second-order valence-corrected chi connectivity index (χ2v) is 5.89. The van der Waals surface area contributed by atoms with Crippen LogP contribution in [0.3, 0.4) is 0 Å². The van der Waals surface area contributed by atoms with Crippen molar-refractivity contribution in [3.63, 3.8) is 0 Å². The fraction of sp³-hybridized carbons (Fsp3) is 0.278. The fourth-order valence-corrected chi connectivity index (χ4v) is 3.06. The highest BCUT2D eigenvalue weighted by Gasteiger charge is 2.25. The van der Waals surface area contributed by atoms with E-state index in [1.807, 2.05) is 6.07 Å². The molecule has 1 amide bonds. The number of para-hydroxylation sites is 1. The van der Waals surface area contributed by atoms with Gasteiger partial charge < -0.3 is 13.8 Å². The quantitative estimate of drug-likeness (QED) is 0.727. The molecule has 6 nitrogen and oxygen atoms in total. The Hall–Kier alpha value is -2.96. The molecule has 0 spiro atoms. The molecular weight excluding hydrogens is 325 g/mol. The molecule has 25 heavy (non-hydrogen) atoms. The lowest BCUT2D eigenvalue weighted by molar-refractivity contribution is -0.118. The molecule has 0 unspecified atom stereocenters. The van der Waals surface area contributed by atoms with Crippen molar-refractivity contribution < 1.29 is 18.1 Å². The van der Waals surface area contributed by atoms with Crippen molar-refractivity contribution >= 4 is 11.6 Å². The van der Waals surface area contributed by atoms with Gasteiger partial charge in [0.2, 0.25) is 17.6 Å². The predicted octanol–water partition coefficient (Wildman–Crippen LogP) is 3.38. The summed E-state index contributed by atoms with van der Waals surface area (Å²) in [6.45, 7) is 0.522. The summed E-state index contributed by atoms with van der Waals surface area (Å²) in [4.78, 5) is 18.3. The maximum Gasteiger partial charge on any atom is 0.238 e. The molecule has 2 aromatic heterocycles. The minimum Gasteiger partial charge on any atom is -0.461 e. The van der Waals surface area contributed by atoms with Gasteiger partial charge in [0.25, 0.3) is 0 Å². The summed E-state index contributed by atoms with van der Waals surface area (Å²) in [7, 11) is 0. The number of halogens is 1. The zero-order valence-corrected chi connectivity index (χ0v) is 13.4. The van der Waals surface area contributed by atoms with Gasteiger partial charge in [-0.05, 0) is 36.6 Å². The Kier molecular flexibility index (Phi) is 4.05. The molecule has 1 aliphatic rings. The number of furan rings is 1.